The van der Waals surface area contributed by atoms with Crippen LogP contribution in [-0.2, 0) is 0 Å². The Labute approximate surface area is 137 Å². The molecule has 3 heteroatoms. The Kier molecular flexibility index (Phi) is 7.73. The number of hydrogen-bond acceptors (Lipinski definition) is 0. The summed E-state index contributed by atoms with van der Waals surface area (Å²) < 4.78 is 0. The van der Waals surface area contributed by atoms with Crippen molar-refractivity contribution in [3.05, 3.63) is 16.1 Å². The first kappa shape index (κ1) is 20.7. The first-order valence-electron chi connectivity index (χ1n) is 8.43. The van der Waals surface area contributed by atoms with E-state index in [1.54, 1.807) is 0 Å². The van der Waals surface area contributed by atoms with E-state index in [2.05, 4.69) is 84.2 Å². The Balaban J connectivity index is 6.07. The zero-order chi connectivity index (χ0) is 16.9. The lowest BCUT2D eigenvalue weighted by Crippen LogP contribution is -2.29. The molecule has 21 heavy (non-hydrogen) atoms. The summed E-state index contributed by atoms with van der Waals surface area (Å²) >= 11 is 0. The number of allylic oxidation sites excluding steroid dienone is 1. The average Bonchev–Trinajstić information content (AvgIpc) is 2.42. The minimum Gasteiger partial charge on any atom is -0.127 e. The zero-order valence-electron chi connectivity index (χ0n) is 16.1. The molecule has 0 aromatic heterocycles. The lowest BCUT2D eigenvalue weighted by molar-refractivity contribution is 1.33. The fourth-order valence-corrected chi connectivity index (χ4v) is 4.65. The van der Waals surface area contributed by atoms with Crippen molar-refractivity contribution in [2.45, 2.75) is 85.1 Å². The van der Waals surface area contributed by atoms with Crippen molar-refractivity contribution in [1.82, 2.24) is 0 Å². The lowest BCUT2D eigenvalue weighted by Gasteiger charge is -2.23. The third-order valence-electron chi connectivity index (χ3n) is 5.18. The molecule has 0 N–H and O–H groups in total. The molecule has 0 radical (unpaired) electrons. The number of rotatable bonds is 5. The first-order valence-corrected chi connectivity index (χ1v) is 18.1. The van der Waals surface area contributed by atoms with E-state index < -0.39 is 24.2 Å². The normalized spacial score (nSPS) is 12.3. The average molecular weight is 337 g/mol. The fraction of sp³-hybridized carbons (Fsp3) is 0.722. The molecule has 0 saturated heterocycles. The molecule has 0 saturated carbocycles. The Bertz CT molecular complexity index is 478. The summed E-state index contributed by atoms with van der Waals surface area (Å²) in [4.78, 5) is 0. The van der Waals surface area contributed by atoms with Crippen LogP contribution >= 0.6 is 0 Å². The van der Waals surface area contributed by atoms with Gasteiger partial charge in [0, 0.05) is 5.20 Å². The van der Waals surface area contributed by atoms with Gasteiger partial charge in [-0.15, -0.1) is 11.3 Å². The lowest BCUT2D eigenvalue weighted by atomic mass is 10.5. The van der Waals surface area contributed by atoms with Gasteiger partial charge in [-0.05, 0) is 18.2 Å². The predicted octanol–water partition coefficient (Wildman–Crippen LogP) is 6.26. The van der Waals surface area contributed by atoms with Gasteiger partial charge in [0.05, 0.1) is 8.07 Å². The van der Waals surface area contributed by atoms with Gasteiger partial charge in [0.15, 0.2) is 0 Å². The molecule has 0 atom stereocenters. The summed E-state index contributed by atoms with van der Waals surface area (Å²) in [6, 6.07) is 3.77. The van der Waals surface area contributed by atoms with Crippen LogP contribution in [0, 0.1) is 11.5 Å². The molecule has 0 aliphatic heterocycles. The molecule has 0 nitrogen and oxygen atoms in total. The zero-order valence-corrected chi connectivity index (χ0v) is 19.1. The minimum absolute atomic E-state index is 1.24. The Morgan fingerprint density at radius 1 is 0.762 bits per heavy atom. The standard InChI is InChI=1S/C18H36Si3/c1-11-19(5,6)15-14-18(21(9,10)13-3)16-17(4)20(7,8)12-2/h11-13H2,1-10H3. The van der Waals surface area contributed by atoms with Gasteiger partial charge in [0.25, 0.3) is 0 Å². The van der Waals surface area contributed by atoms with Gasteiger partial charge in [-0.1, -0.05) is 78.1 Å². The molecule has 0 spiro atoms. The van der Waals surface area contributed by atoms with E-state index in [0.29, 0.717) is 0 Å². The first-order chi connectivity index (χ1) is 9.41. The highest BCUT2D eigenvalue weighted by Crippen LogP contribution is 2.23. The minimum atomic E-state index is -1.42. The van der Waals surface area contributed by atoms with E-state index in [-0.39, 0.29) is 0 Å². The molecule has 0 aliphatic carbocycles. The van der Waals surface area contributed by atoms with Crippen LogP contribution in [0.15, 0.2) is 16.1 Å². The molecule has 0 fully saturated rings. The van der Waals surface area contributed by atoms with Crippen LogP contribution in [0.5, 0.6) is 0 Å². The van der Waals surface area contributed by atoms with Crippen molar-refractivity contribution >= 4 is 24.2 Å². The largest absolute Gasteiger partial charge is 0.132 e. The highest BCUT2D eigenvalue weighted by Gasteiger charge is 2.26. The van der Waals surface area contributed by atoms with E-state index >= 15 is 0 Å². The summed E-state index contributed by atoms with van der Waals surface area (Å²) in [6.07, 6.45) is 0. The van der Waals surface area contributed by atoms with Crippen LogP contribution in [0.1, 0.15) is 27.7 Å². The van der Waals surface area contributed by atoms with Gasteiger partial charge in [-0.25, -0.2) is 0 Å². The van der Waals surface area contributed by atoms with Crippen LogP contribution < -0.4 is 0 Å². The summed E-state index contributed by atoms with van der Waals surface area (Å²) in [5, 5.41) is 2.87. The van der Waals surface area contributed by atoms with E-state index in [9.17, 15) is 0 Å². The molecule has 0 rings (SSSR count). The van der Waals surface area contributed by atoms with Crippen molar-refractivity contribution in [3.8, 4) is 11.5 Å². The molecule has 0 unspecified atom stereocenters. The molecular weight excluding hydrogens is 300 g/mol. The molecule has 0 aliphatic rings. The van der Waals surface area contributed by atoms with Crippen molar-refractivity contribution < 1.29 is 0 Å². The third kappa shape index (κ3) is 6.57. The molecule has 0 aromatic carbocycles. The van der Waals surface area contributed by atoms with Crippen molar-refractivity contribution in [2.24, 2.45) is 0 Å². The third-order valence-corrected chi connectivity index (χ3v) is 15.0. The second kappa shape index (κ2) is 7.83. The molecule has 0 aromatic rings. The van der Waals surface area contributed by atoms with Crippen LogP contribution in [0.2, 0.25) is 57.4 Å². The maximum atomic E-state index is 3.80. The Morgan fingerprint density at radius 3 is 1.62 bits per heavy atom. The van der Waals surface area contributed by atoms with Crippen molar-refractivity contribution in [1.29, 1.82) is 0 Å². The molecule has 0 bridgehead atoms. The van der Waals surface area contributed by atoms with E-state index in [1.807, 2.05) is 0 Å². The number of hydrogen-bond donors (Lipinski definition) is 0. The van der Waals surface area contributed by atoms with E-state index in [0.717, 1.165) is 0 Å². The fourth-order valence-electron chi connectivity index (χ4n) is 1.49. The van der Waals surface area contributed by atoms with Gasteiger partial charge in [-0.2, -0.15) is 0 Å². The Hall–Kier alpha value is -0.269. The molecule has 0 amide bonds. The summed E-state index contributed by atoms with van der Waals surface area (Å²) in [5.74, 6) is 3.61. The smallest absolute Gasteiger partial charge is 0.127 e. The van der Waals surface area contributed by atoms with Gasteiger partial charge in [-0.3, -0.25) is 0 Å². The van der Waals surface area contributed by atoms with Gasteiger partial charge < -0.3 is 0 Å². The topological polar surface area (TPSA) is 0 Å². The summed E-state index contributed by atoms with van der Waals surface area (Å²) in [5.41, 5.74) is 7.45. The monoisotopic (exact) mass is 336 g/mol. The maximum absolute atomic E-state index is 3.80. The molecule has 120 valence electrons. The predicted molar refractivity (Wildman–Crippen MR) is 108 cm³/mol. The van der Waals surface area contributed by atoms with Gasteiger partial charge >= 0.3 is 0 Å². The second-order valence-electron chi connectivity index (χ2n) is 8.09. The van der Waals surface area contributed by atoms with Crippen LogP contribution in [0.3, 0.4) is 0 Å². The Morgan fingerprint density at radius 2 is 1.24 bits per heavy atom. The van der Waals surface area contributed by atoms with Crippen molar-refractivity contribution in [2.75, 3.05) is 0 Å². The van der Waals surface area contributed by atoms with E-state index in [4.69, 9.17) is 0 Å². The van der Waals surface area contributed by atoms with Crippen LogP contribution in [0.25, 0.3) is 0 Å². The van der Waals surface area contributed by atoms with Crippen molar-refractivity contribution in [3.63, 3.8) is 0 Å². The molecule has 0 heterocycles. The highest BCUT2D eigenvalue weighted by atomic mass is 28.3. The maximum Gasteiger partial charge on any atom is 0.132 e. The van der Waals surface area contributed by atoms with Gasteiger partial charge in [0.2, 0.25) is 0 Å². The second-order valence-corrected chi connectivity index (χ2v) is 23.0. The summed E-state index contributed by atoms with van der Waals surface area (Å²) in [6.45, 7) is 23.7. The quantitative estimate of drug-likeness (QED) is 0.315. The van der Waals surface area contributed by atoms with Gasteiger partial charge in [0.1, 0.15) is 16.1 Å². The highest BCUT2D eigenvalue weighted by molar-refractivity contribution is 6.87. The van der Waals surface area contributed by atoms with Crippen LogP contribution in [0.4, 0.5) is 0 Å². The van der Waals surface area contributed by atoms with Crippen LogP contribution in [-0.4, -0.2) is 24.2 Å². The molecular formula is C18H36Si3. The summed E-state index contributed by atoms with van der Waals surface area (Å²) in [7, 11) is -4.02. The van der Waals surface area contributed by atoms with E-state index in [1.165, 1.54) is 28.5 Å². The SMILES string of the molecule is CC[Si](C)(C)C#CC(=C=C(C)[Si](C)(C)CC)[Si](C)(C)CC.